The average molecular weight is 284 g/mol. The van der Waals surface area contributed by atoms with Crippen molar-refractivity contribution in [2.75, 3.05) is 19.8 Å². The van der Waals surface area contributed by atoms with E-state index in [4.69, 9.17) is 4.74 Å². The monoisotopic (exact) mass is 284 g/mol. The lowest BCUT2D eigenvalue weighted by molar-refractivity contribution is -0.150. The zero-order valence-electron chi connectivity index (χ0n) is 13.3. The van der Waals surface area contributed by atoms with E-state index >= 15 is 0 Å². The minimum absolute atomic E-state index is 0.00663. The minimum Gasteiger partial charge on any atom is -0.381 e. The van der Waals surface area contributed by atoms with Gasteiger partial charge in [-0.05, 0) is 25.2 Å². The molecule has 0 aromatic rings. The minimum atomic E-state index is -0.422. The smallest absolute Gasteiger partial charge is 0.245 e. The zero-order valence-corrected chi connectivity index (χ0v) is 13.3. The van der Waals surface area contributed by atoms with Crippen molar-refractivity contribution in [1.82, 2.24) is 10.2 Å². The fourth-order valence-corrected chi connectivity index (χ4v) is 2.46. The van der Waals surface area contributed by atoms with E-state index in [1.807, 2.05) is 13.8 Å². The summed E-state index contributed by atoms with van der Waals surface area (Å²) in [6.07, 6.45) is 0.766. The lowest BCUT2D eigenvalue weighted by Gasteiger charge is -2.40. The topological polar surface area (TPSA) is 58.6 Å². The molecule has 0 spiro atoms. The zero-order chi connectivity index (χ0) is 15.3. The molecule has 1 aliphatic rings. The first-order valence-corrected chi connectivity index (χ1v) is 7.53. The second-order valence-electron chi connectivity index (χ2n) is 6.27. The normalized spacial score (nSPS) is 23.6. The molecule has 2 amide bonds. The molecule has 2 unspecified atom stereocenters. The molecular weight excluding hydrogens is 256 g/mol. The number of ether oxygens (including phenoxy) is 1. The summed E-state index contributed by atoms with van der Waals surface area (Å²) in [6.45, 7) is 11.8. The van der Waals surface area contributed by atoms with Crippen LogP contribution in [0, 0.1) is 11.8 Å². The van der Waals surface area contributed by atoms with E-state index in [0.717, 1.165) is 13.0 Å². The predicted molar refractivity (Wildman–Crippen MR) is 78.2 cm³/mol. The highest BCUT2D eigenvalue weighted by molar-refractivity contribution is 5.96. The highest BCUT2D eigenvalue weighted by atomic mass is 16.5. The molecule has 1 heterocycles. The summed E-state index contributed by atoms with van der Waals surface area (Å²) in [5.74, 6) is 0.589. The van der Waals surface area contributed by atoms with Gasteiger partial charge in [0, 0.05) is 19.8 Å². The molecule has 5 heteroatoms. The predicted octanol–water partition coefficient (Wildman–Crippen LogP) is 1.42. The maximum Gasteiger partial charge on any atom is 0.245 e. The largest absolute Gasteiger partial charge is 0.381 e. The Labute approximate surface area is 122 Å². The molecule has 1 fully saturated rings. The van der Waals surface area contributed by atoms with Gasteiger partial charge in [0.15, 0.2) is 0 Å². The van der Waals surface area contributed by atoms with Crippen LogP contribution >= 0.6 is 0 Å². The molecule has 2 atom stereocenters. The Balaban J connectivity index is 2.53. The van der Waals surface area contributed by atoms with Gasteiger partial charge in [0.05, 0.1) is 0 Å². The average Bonchev–Trinajstić information content (AvgIpc) is 2.33. The Kier molecular flexibility index (Phi) is 6.46. The molecule has 0 aliphatic carbocycles. The number of carbonyl (C=O) groups is 2. The van der Waals surface area contributed by atoms with Crippen LogP contribution in [0.15, 0.2) is 0 Å². The van der Waals surface area contributed by atoms with Crippen molar-refractivity contribution in [2.24, 2.45) is 11.8 Å². The quantitative estimate of drug-likeness (QED) is 0.719. The molecule has 0 aromatic carbocycles. The molecule has 0 radical (unpaired) electrons. The van der Waals surface area contributed by atoms with Crippen molar-refractivity contribution in [1.29, 1.82) is 0 Å². The summed E-state index contributed by atoms with van der Waals surface area (Å²) in [5.41, 5.74) is 0. The van der Waals surface area contributed by atoms with E-state index in [-0.39, 0.29) is 23.8 Å². The number of piperazine rings is 1. The van der Waals surface area contributed by atoms with Gasteiger partial charge in [0.25, 0.3) is 0 Å². The van der Waals surface area contributed by atoms with Gasteiger partial charge in [-0.2, -0.15) is 0 Å². The van der Waals surface area contributed by atoms with Crippen molar-refractivity contribution in [3.8, 4) is 0 Å². The van der Waals surface area contributed by atoms with Crippen molar-refractivity contribution >= 4 is 11.8 Å². The first-order valence-electron chi connectivity index (χ1n) is 7.53. The molecule has 1 rings (SSSR count). The Bertz CT molecular complexity index is 342. The van der Waals surface area contributed by atoms with Gasteiger partial charge in [0.1, 0.15) is 12.1 Å². The molecule has 0 aromatic heterocycles. The lowest BCUT2D eigenvalue weighted by atomic mass is 9.97. The highest BCUT2D eigenvalue weighted by Gasteiger charge is 2.39. The van der Waals surface area contributed by atoms with Gasteiger partial charge in [-0.25, -0.2) is 0 Å². The van der Waals surface area contributed by atoms with Gasteiger partial charge in [-0.1, -0.05) is 27.7 Å². The summed E-state index contributed by atoms with van der Waals surface area (Å²) >= 11 is 0. The Morgan fingerprint density at radius 1 is 1.25 bits per heavy atom. The third-order valence-electron chi connectivity index (χ3n) is 3.39. The standard InChI is InChI=1S/C15H28N2O3/c1-10(2)9-20-8-6-7-17-13(11(3)4)14(18)16-12(5)15(17)19/h10-13H,6-9H2,1-5H3,(H,16,18). The number of amides is 2. The number of hydrogen-bond donors (Lipinski definition) is 1. The van der Waals surface area contributed by atoms with Crippen molar-refractivity contribution < 1.29 is 14.3 Å². The fourth-order valence-electron chi connectivity index (χ4n) is 2.46. The van der Waals surface area contributed by atoms with E-state index in [2.05, 4.69) is 19.2 Å². The summed E-state index contributed by atoms with van der Waals surface area (Å²) in [4.78, 5) is 26.0. The molecule has 0 saturated carbocycles. The maximum atomic E-state index is 12.2. The van der Waals surface area contributed by atoms with E-state index < -0.39 is 6.04 Å². The van der Waals surface area contributed by atoms with Crippen LogP contribution in [0.1, 0.15) is 41.0 Å². The van der Waals surface area contributed by atoms with Crippen LogP contribution in [0.5, 0.6) is 0 Å². The third-order valence-corrected chi connectivity index (χ3v) is 3.39. The Hall–Kier alpha value is -1.10. The lowest BCUT2D eigenvalue weighted by Crippen LogP contribution is -2.64. The van der Waals surface area contributed by atoms with Crippen LogP contribution in [0.2, 0.25) is 0 Å². The number of carbonyl (C=O) groups excluding carboxylic acids is 2. The number of nitrogens with zero attached hydrogens (tertiary/aromatic N) is 1. The van der Waals surface area contributed by atoms with Gasteiger partial charge in [-0.15, -0.1) is 0 Å². The van der Waals surface area contributed by atoms with E-state index in [0.29, 0.717) is 19.1 Å². The van der Waals surface area contributed by atoms with Crippen LogP contribution in [0.25, 0.3) is 0 Å². The van der Waals surface area contributed by atoms with Crippen LogP contribution in [0.3, 0.4) is 0 Å². The molecule has 116 valence electrons. The van der Waals surface area contributed by atoms with Gasteiger partial charge in [0.2, 0.25) is 11.8 Å². The Morgan fingerprint density at radius 2 is 1.90 bits per heavy atom. The molecular formula is C15H28N2O3. The molecule has 5 nitrogen and oxygen atoms in total. The summed E-state index contributed by atoms with van der Waals surface area (Å²) in [5, 5.41) is 2.75. The molecule has 1 saturated heterocycles. The van der Waals surface area contributed by atoms with E-state index in [1.165, 1.54) is 0 Å². The van der Waals surface area contributed by atoms with Gasteiger partial charge >= 0.3 is 0 Å². The van der Waals surface area contributed by atoms with Crippen LogP contribution in [-0.4, -0.2) is 48.6 Å². The van der Waals surface area contributed by atoms with Crippen molar-refractivity contribution in [3.05, 3.63) is 0 Å². The second kappa shape index (κ2) is 7.62. The van der Waals surface area contributed by atoms with E-state index in [9.17, 15) is 9.59 Å². The second-order valence-corrected chi connectivity index (χ2v) is 6.27. The SMILES string of the molecule is CC(C)COCCCN1C(=O)C(C)NC(=O)C1C(C)C. The molecule has 20 heavy (non-hydrogen) atoms. The number of rotatable bonds is 7. The highest BCUT2D eigenvalue weighted by Crippen LogP contribution is 2.17. The Morgan fingerprint density at radius 3 is 2.45 bits per heavy atom. The van der Waals surface area contributed by atoms with E-state index in [1.54, 1.807) is 11.8 Å². The number of nitrogens with one attached hydrogen (secondary N) is 1. The van der Waals surface area contributed by atoms with Gasteiger partial charge in [-0.3, -0.25) is 9.59 Å². The fraction of sp³-hybridized carbons (Fsp3) is 0.867. The van der Waals surface area contributed by atoms with Crippen molar-refractivity contribution in [3.63, 3.8) is 0 Å². The molecule has 1 N–H and O–H groups in total. The summed E-state index contributed by atoms with van der Waals surface area (Å²) in [7, 11) is 0. The summed E-state index contributed by atoms with van der Waals surface area (Å²) in [6, 6.07) is -0.780. The maximum absolute atomic E-state index is 12.2. The van der Waals surface area contributed by atoms with Crippen molar-refractivity contribution in [2.45, 2.75) is 53.1 Å². The van der Waals surface area contributed by atoms with Gasteiger partial charge < -0.3 is 15.0 Å². The van der Waals surface area contributed by atoms with Crippen LogP contribution in [-0.2, 0) is 14.3 Å². The summed E-state index contributed by atoms with van der Waals surface area (Å²) < 4.78 is 5.53. The van der Waals surface area contributed by atoms with Crippen LogP contribution in [0.4, 0.5) is 0 Å². The molecule has 0 bridgehead atoms. The number of hydrogen-bond acceptors (Lipinski definition) is 3. The van der Waals surface area contributed by atoms with Crippen LogP contribution < -0.4 is 5.32 Å². The molecule has 1 aliphatic heterocycles. The third kappa shape index (κ3) is 4.47. The first-order chi connectivity index (χ1) is 9.34. The first kappa shape index (κ1) is 17.0.